The van der Waals surface area contributed by atoms with E-state index in [2.05, 4.69) is 17.2 Å². The number of pyridine rings is 1. The molecule has 0 bridgehead atoms. The first-order valence-corrected chi connectivity index (χ1v) is 9.91. The number of carbonyl (C=O) groups is 1. The zero-order chi connectivity index (χ0) is 19.9. The van der Waals surface area contributed by atoms with E-state index in [0.717, 1.165) is 41.6 Å². The first-order chi connectivity index (χ1) is 12.9. The van der Waals surface area contributed by atoms with Crippen molar-refractivity contribution in [2.24, 2.45) is 0 Å². The zero-order valence-corrected chi connectivity index (χ0v) is 17.2. The summed E-state index contributed by atoms with van der Waals surface area (Å²) in [6, 6.07) is 7.54. The average Bonchev–Trinajstić information content (AvgIpc) is 2.66. The quantitative estimate of drug-likeness (QED) is 0.612. The van der Waals surface area contributed by atoms with Crippen molar-refractivity contribution < 1.29 is 14.3 Å². The van der Waals surface area contributed by atoms with Crippen LogP contribution in [0.1, 0.15) is 60.3 Å². The number of benzene rings is 1. The maximum absolute atomic E-state index is 13.1. The minimum Gasteiger partial charge on any atom is -0.489 e. The Hall–Kier alpha value is -2.14. The highest BCUT2D eigenvalue weighted by Gasteiger charge is 2.33. The van der Waals surface area contributed by atoms with Gasteiger partial charge < -0.3 is 14.8 Å². The number of rotatable bonds is 10. The van der Waals surface area contributed by atoms with Crippen LogP contribution in [-0.2, 0) is 9.53 Å². The average molecular weight is 373 g/mol. The number of nitrogens with zero attached hydrogens (tertiary/aromatic N) is 1. The van der Waals surface area contributed by atoms with Crippen LogP contribution in [0.3, 0.4) is 0 Å². The summed E-state index contributed by atoms with van der Waals surface area (Å²) in [5.41, 5.74) is 0.629. The number of hydrogen-bond donors (Lipinski definition) is 1. The van der Waals surface area contributed by atoms with Crippen molar-refractivity contribution in [3.63, 3.8) is 0 Å². The second-order valence-electron chi connectivity index (χ2n) is 7.31. The standard InChI is InChI=1S/C22H32N2O3/c1-6-8-13-22(5,26-15-7-2)21(25)24-18-11-12-19(27-16(3)4)20-17(18)10-9-14-23-20/h9-12,14,16H,6-8,13,15H2,1-5H3,(H,24,25)/t22-/m0/s1. The summed E-state index contributed by atoms with van der Waals surface area (Å²) in [6.45, 7) is 10.6. The van der Waals surface area contributed by atoms with Gasteiger partial charge in [0.25, 0.3) is 5.91 Å². The lowest BCUT2D eigenvalue weighted by Crippen LogP contribution is -2.43. The summed E-state index contributed by atoms with van der Waals surface area (Å²) in [4.78, 5) is 17.5. The Bertz CT molecular complexity index is 750. The number of hydrogen-bond acceptors (Lipinski definition) is 4. The first kappa shape index (κ1) is 21.2. The number of anilines is 1. The Labute approximate surface area is 162 Å². The van der Waals surface area contributed by atoms with E-state index in [1.54, 1.807) is 6.20 Å². The third-order valence-electron chi connectivity index (χ3n) is 4.46. The molecule has 0 unspecified atom stereocenters. The fraction of sp³-hybridized carbons (Fsp3) is 0.545. The van der Waals surface area contributed by atoms with Crippen LogP contribution in [0.5, 0.6) is 5.75 Å². The molecule has 1 heterocycles. The van der Waals surface area contributed by atoms with Crippen LogP contribution >= 0.6 is 0 Å². The SMILES string of the molecule is CCCC[C@](C)(OCCC)C(=O)Nc1ccc(OC(C)C)c2ncccc12. The van der Waals surface area contributed by atoms with E-state index in [-0.39, 0.29) is 12.0 Å². The second kappa shape index (κ2) is 9.70. The van der Waals surface area contributed by atoms with Gasteiger partial charge in [-0.3, -0.25) is 9.78 Å². The fourth-order valence-corrected chi connectivity index (χ4v) is 2.95. The Balaban J connectivity index is 2.32. The van der Waals surface area contributed by atoms with E-state index in [1.807, 2.05) is 52.0 Å². The molecule has 1 aromatic carbocycles. The number of ether oxygens (including phenoxy) is 2. The van der Waals surface area contributed by atoms with Crippen molar-refractivity contribution in [1.29, 1.82) is 0 Å². The van der Waals surface area contributed by atoms with Crippen molar-refractivity contribution in [2.45, 2.75) is 72.0 Å². The lowest BCUT2D eigenvalue weighted by atomic mass is 9.97. The smallest absolute Gasteiger partial charge is 0.256 e. The summed E-state index contributed by atoms with van der Waals surface area (Å²) in [7, 11) is 0. The Morgan fingerprint density at radius 2 is 2.00 bits per heavy atom. The topological polar surface area (TPSA) is 60.5 Å². The molecule has 0 spiro atoms. The summed E-state index contributed by atoms with van der Waals surface area (Å²) in [6.07, 6.45) is 5.32. The molecule has 0 aliphatic heterocycles. The molecular formula is C22H32N2O3. The maximum Gasteiger partial charge on any atom is 0.256 e. The van der Waals surface area contributed by atoms with Gasteiger partial charge in [0, 0.05) is 18.2 Å². The van der Waals surface area contributed by atoms with Crippen molar-refractivity contribution in [2.75, 3.05) is 11.9 Å². The monoisotopic (exact) mass is 372 g/mol. The third kappa shape index (κ3) is 5.42. The van der Waals surface area contributed by atoms with Gasteiger partial charge in [-0.15, -0.1) is 0 Å². The van der Waals surface area contributed by atoms with E-state index >= 15 is 0 Å². The normalized spacial score (nSPS) is 13.6. The first-order valence-electron chi connectivity index (χ1n) is 9.91. The van der Waals surface area contributed by atoms with Crippen LogP contribution in [0.2, 0.25) is 0 Å². The van der Waals surface area contributed by atoms with Gasteiger partial charge in [-0.05, 0) is 57.9 Å². The molecule has 1 atom stereocenters. The van der Waals surface area contributed by atoms with Crippen molar-refractivity contribution in [1.82, 2.24) is 4.98 Å². The van der Waals surface area contributed by atoms with E-state index in [4.69, 9.17) is 9.47 Å². The van der Waals surface area contributed by atoms with Gasteiger partial charge >= 0.3 is 0 Å². The summed E-state index contributed by atoms with van der Waals surface area (Å²) < 4.78 is 11.8. The number of fused-ring (bicyclic) bond motifs is 1. The molecular weight excluding hydrogens is 340 g/mol. The van der Waals surface area contributed by atoms with Crippen molar-refractivity contribution >= 4 is 22.5 Å². The fourth-order valence-electron chi connectivity index (χ4n) is 2.95. The van der Waals surface area contributed by atoms with E-state index in [9.17, 15) is 4.79 Å². The maximum atomic E-state index is 13.1. The highest BCUT2D eigenvalue weighted by atomic mass is 16.5. The number of aromatic nitrogens is 1. The van der Waals surface area contributed by atoms with Crippen LogP contribution in [0.4, 0.5) is 5.69 Å². The molecule has 148 valence electrons. The molecule has 1 amide bonds. The molecule has 1 N–H and O–H groups in total. The van der Waals surface area contributed by atoms with E-state index in [1.165, 1.54) is 0 Å². The minimum atomic E-state index is -0.840. The largest absolute Gasteiger partial charge is 0.489 e. The molecule has 5 nitrogen and oxygen atoms in total. The van der Waals surface area contributed by atoms with E-state index in [0.29, 0.717) is 13.0 Å². The van der Waals surface area contributed by atoms with Gasteiger partial charge in [0.1, 0.15) is 16.9 Å². The Kier molecular flexibility index (Phi) is 7.60. The molecule has 0 radical (unpaired) electrons. The number of amides is 1. The lowest BCUT2D eigenvalue weighted by Gasteiger charge is -2.29. The molecule has 27 heavy (non-hydrogen) atoms. The highest BCUT2D eigenvalue weighted by molar-refractivity contribution is 6.05. The molecule has 2 rings (SSSR count). The van der Waals surface area contributed by atoms with Crippen LogP contribution < -0.4 is 10.1 Å². The van der Waals surface area contributed by atoms with Crippen LogP contribution in [-0.4, -0.2) is 29.2 Å². The van der Waals surface area contributed by atoms with E-state index < -0.39 is 5.60 Å². The summed E-state index contributed by atoms with van der Waals surface area (Å²) in [5.74, 6) is 0.599. The minimum absolute atomic E-state index is 0.0513. The number of carbonyl (C=O) groups excluding carboxylic acids is 1. The summed E-state index contributed by atoms with van der Waals surface area (Å²) >= 11 is 0. The Morgan fingerprint density at radius 1 is 1.22 bits per heavy atom. The van der Waals surface area contributed by atoms with Gasteiger partial charge in [-0.1, -0.05) is 26.7 Å². The highest BCUT2D eigenvalue weighted by Crippen LogP contribution is 2.32. The van der Waals surface area contributed by atoms with Gasteiger partial charge in [-0.2, -0.15) is 0 Å². The summed E-state index contributed by atoms with van der Waals surface area (Å²) in [5, 5.41) is 3.92. The lowest BCUT2D eigenvalue weighted by molar-refractivity contribution is -0.140. The van der Waals surface area contributed by atoms with Crippen LogP contribution in [0.25, 0.3) is 10.9 Å². The molecule has 0 saturated heterocycles. The molecule has 0 saturated carbocycles. The van der Waals surface area contributed by atoms with Gasteiger partial charge in [0.05, 0.1) is 11.8 Å². The van der Waals surface area contributed by atoms with Gasteiger partial charge in [-0.25, -0.2) is 0 Å². The molecule has 0 aliphatic rings. The predicted octanol–water partition coefficient (Wildman–Crippen LogP) is 5.34. The number of nitrogens with one attached hydrogen (secondary N) is 1. The van der Waals surface area contributed by atoms with Crippen LogP contribution in [0.15, 0.2) is 30.5 Å². The predicted molar refractivity (Wildman–Crippen MR) is 110 cm³/mol. The third-order valence-corrected chi connectivity index (χ3v) is 4.46. The van der Waals surface area contributed by atoms with Crippen molar-refractivity contribution in [3.8, 4) is 5.75 Å². The molecule has 0 fully saturated rings. The number of unbranched alkanes of at least 4 members (excludes halogenated alkanes) is 1. The molecule has 5 heteroatoms. The Morgan fingerprint density at radius 3 is 2.67 bits per heavy atom. The van der Waals surface area contributed by atoms with Gasteiger partial charge in [0.15, 0.2) is 0 Å². The molecule has 2 aromatic rings. The molecule has 0 aliphatic carbocycles. The van der Waals surface area contributed by atoms with Gasteiger partial charge in [0.2, 0.25) is 0 Å². The van der Waals surface area contributed by atoms with Crippen LogP contribution in [0, 0.1) is 0 Å². The van der Waals surface area contributed by atoms with Crippen molar-refractivity contribution in [3.05, 3.63) is 30.5 Å². The zero-order valence-electron chi connectivity index (χ0n) is 17.2. The second-order valence-corrected chi connectivity index (χ2v) is 7.31. The molecule has 1 aromatic heterocycles.